The Labute approximate surface area is 730 Å². The van der Waals surface area contributed by atoms with E-state index in [2.05, 4.69) is 20.8 Å². The largest absolute Gasteiger partial charge is 0.463 e. The second-order valence-corrected chi connectivity index (χ2v) is 42.4. The van der Waals surface area contributed by atoms with Crippen LogP contribution in [0.15, 0.2) is 0 Å². The number of aliphatic hydroxyl groups is 1. The highest BCUT2D eigenvalue weighted by Crippen LogP contribution is 2.66. The van der Waals surface area contributed by atoms with Gasteiger partial charge in [-0.15, -0.1) is 0 Å². The zero-order valence-corrected chi connectivity index (χ0v) is 70.3. The Bertz CT molecular complexity index is 3300. The molecule has 0 spiro atoms. The van der Waals surface area contributed by atoms with Gasteiger partial charge in [0.2, 0.25) is 6.10 Å². The van der Waals surface area contributed by atoms with E-state index in [-0.39, 0.29) is 182 Å². The Kier molecular flexibility index (Phi) is 39.1. The maximum atomic E-state index is 13.3. The molecule has 20 nitrogen and oxygen atoms in total. The molecular weight excluding hydrogens is 1520 g/mol. The third kappa shape index (κ3) is 22.9. The van der Waals surface area contributed by atoms with E-state index in [0.29, 0.717) is 85.0 Å². The van der Waals surface area contributed by atoms with Gasteiger partial charge in [0.15, 0.2) is 13.4 Å². The summed E-state index contributed by atoms with van der Waals surface area (Å²) in [6, 6.07) is 0. The van der Waals surface area contributed by atoms with E-state index in [9.17, 15) is 48.3 Å². The second kappa shape index (κ2) is 42.2. The van der Waals surface area contributed by atoms with Crippen molar-refractivity contribution in [1.29, 1.82) is 0 Å². The molecule has 10 unspecified atom stereocenters. The molecule has 18 aliphatic carbocycles. The summed E-state index contributed by atoms with van der Waals surface area (Å²) in [6.07, 6.45) is 29.7. The van der Waals surface area contributed by atoms with Crippen LogP contribution in [0.3, 0.4) is 0 Å². The van der Waals surface area contributed by atoms with E-state index < -0.39 is 51.3 Å². The van der Waals surface area contributed by atoms with E-state index >= 15 is 0 Å². The number of carbonyl (C=O) groups excluding carboxylic acids is 9. The van der Waals surface area contributed by atoms with Crippen molar-refractivity contribution in [1.82, 2.24) is 0 Å². The summed E-state index contributed by atoms with van der Waals surface area (Å²) in [5.74, 6) is 6.79. The number of ether oxygens (including phenoxy) is 10. The average molecular weight is 1700 g/mol. The highest BCUT2D eigenvalue weighted by Gasteiger charge is 2.66. The van der Waals surface area contributed by atoms with Gasteiger partial charge in [0.25, 0.3) is 0 Å². The highest BCUT2D eigenvalue weighted by molar-refractivity contribution is 5.83. The topological polar surface area (TPSA) is 266 Å². The van der Waals surface area contributed by atoms with Gasteiger partial charge >= 0.3 is 53.7 Å². The molecule has 700 valence electrons. The minimum absolute atomic E-state index is 0. The second-order valence-electron chi connectivity index (χ2n) is 42.4. The molecule has 1 N–H and O–H groups in total. The van der Waals surface area contributed by atoms with Crippen molar-refractivity contribution >= 4 is 53.7 Å². The van der Waals surface area contributed by atoms with Crippen molar-refractivity contribution in [3.8, 4) is 0 Å². The van der Waals surface area contributed by atoms with Crippen molar-refractivity contribution in [3.63, 3.8) is 0 Å². The molecule has 20 rings (SSSR count). The maximum absolute atomic E-state index is 13.3. The summed E-state index contributed by atoms with van der Waals surface area (Å²) in [4.78, 5) is 109. The van der Waals surface area contributed by atoms with Crippen LogP contribution in [-0.2, 0) is 90.5 Å². The van der Waals surface area contributed by atoms with E-state index in [1.54, 1.807) is 27.7 Å². The van der Waals surface area contributed by atoms with Crippen LogP contribution in [0.2, 0.25) is 0 Å². The lowest BCUT2D eigenvalue weighted by molar-refractivity contribution is -0.231. The predicted octanol–water partition coefficient (Wildman–Crippen LogP) is 22.9. The lowest BCUT2D eigenvalue weighted by atomic mass is 9.47. The molecule has 20 heteroatoms. The molecule has 0 aromatic carbocycles. The molecule has 2 aliphatic heterocycles. The summed E-state index contributed by atoms with van der Waals surface area (Å²) in [7, 11) is 0. The Hall–Kier alpha value is -4.85. The van der Waals surface area contributed by atoms with Gasteiger partial charge in [-0.3, -0.25) is 33.6 Å². The van der Waals surface area contributed by atoms with Gasteiger partial charge in [-0.25, -0.2) is 9.59 Å². The van der Waals surface area contributed by atoms with E-state index in [0.717, 1.165) is 126 Å². The summed E-state index contributed by atoms with van der Waals surface area (Å²) < 4.78 is 55.9. The molecule has 120 heavy (non-hydrogen) atoms. The predicted molar refractivity (Wildman–Crippen MR) is 476 cm³/mol. The zero-order chi connectivity index (χ0) is 79.9. The number of rotatable bonds is 23. The van der Waals surface area contributed by atoms with Crippen LogP contribution in [0.1, 0.15) is 385 Å². The molecule has 20 aliphatic rings. The van der Waals surface area contributed by atoms with Crippen LogP contribution in [0.5, 0.6) is 0 Å². The lowest BCUT2D eigenvalue weighted by Gasteiger charge is -2.62. The Morgan fingerprint density at radius 2 is 0.892 bits per heavy atom. The first-order valence-electron chi connectivity index (χ1n) is 43.6. The van der Waals surface area contributed by atoms with Crippen LogP contribution in [0.25, 0.3) is 0 Å². The zero-order valence-electron chi connectivity index (χ0n) is 70.3. The van der Waals surface area contributed by atoms with Crippen LogP contribution in [0, 0.1) is 133 Å². The lowest BCUT2D eigenvalue weighted by Crippen LogP contribution is -2.63. The van der Waals surface area contributed by atoms with Gasteiger partial charge in [-0.2, -0.15) is 0 Å². The molecule has 0 aromatic heterocycles. The van der Waals surface area contributed by atoms with Gasteiger partial charge in [-0.1, -0.05) is 123 Å². The number of hydrogen-bond acceptors (Lipinski definition) is 20. The van der Waals surface area contributed by atoms with Gasteiger partial charge < -0.3 is 52.5 Å². The van der Waals surface area contributed by atoms with Crippen molar-refractivity contribution in [2.24, 2.45) is 133 Å². The van der Waals surface area contributed by atoms with Crippen molar-refractivity contribution in [3.05, 3.63) is 0 Å². The van der Waals surface area contributed by atoms with E-state index in [1.165, 1.54) is 77.0 Å². The molecule has 0 aromatic rings. The Balaban J connectivity index is 0.000000513. The Morgan fingerprint density at radius 3 is 1.35 bits per heavy atom. The summed E-state index contributed by atoms with van der Waals surface area (Å²) in [5, 5.41) is 10.6. The normalized spacial score (nSPS) is 36.4. The first-order valence-corrected chi connectivity index (χ1v) is 43.6. The minimum Gasteiger partial charge on any atom is -0.463 e. The van der Waals surface area contributed by atoms with Gasteiger partial charge in [-0.05, 0) is 331 Å². The van der Waals surface area contributed by atoms with Crippen LogP contribution in [-0.4, -0.2) is 127 Å². The van der Waals surface area contributed by atoms with Crippen LogP contribution < -0.4 is 0 Å². The SMILES string of the molecule is C.C.C.C.C.C.C.C.C.C.CCC(C)(C)C(=O)OC1(C(C)C)C2CC3CC(C2)CC1C3.CCC(C)(C)C(=O)OC12CC3CC(CC(O)(C3)C1)C2.CCC(C)(C)C(=O)OC1C2CC3CC1CC(C(=O)OCOCC14CC5CC(CC(C5)C1)C4)(C3)C2.CCC(C)(C)C(=O)OC1CCOC1=O.CCC(C)(C)C(=O)OCC(=O)OC1C2CC3C(=O)OC1C3C2. The van der Waals surface area contributed by atoms with Crippen LogP contribution >= 0.6 is 0 Å². The molecule has 0 amide bonds. The van der Waals surface area contributed by atoms with Crippen molar-refractivity contribution in [2.45, 2.75) is 426 Å². The number of hydrogen-bond donors (Lipinski definition) is 1. The first-order chi connectivity index (χ1) is 51.5. The quantitative estimate of drug-likeness (QED) is 0.0431. The van der Waals surface area contributed by atoms with E-state index in [1.807, 2.05) is 69.2 Å². The molecule has 18 saturated carbocycles. The molecular formula is C100H180O20. The number of cyclic esters (lactones) is 1. The molecule has 2 heterocycles. The molecule has 10 atom stereocenters. The third-order valence-corrected chi connectivity index (χ3v) is 31.9. The van der Waals surface area contributed by atoms with Crippen LogP contribution in [0.4, 0.5) is 0 Å². The fourth-order valence-electron chi connectivity index (χ4n) is 24.9. The molecule has 0 radical (unpaired) electrons. The maximum Gasteiger partial charge on any atom is 0.347 e. The fraction of sp³-hybridized carbons (Fsp3) is 0.910. The fourth-order valence-corrected chi connectivity index (χ4v) is 24.9. The van der Waals surface area contributed by atoms with E-state index in [4.69, 9.17) is 47.4 Å². The van der Waals surface area contributed by atoms with Crippen molar-refractivity contribution in [2.75, 3.05) is 26.6 Å². The standard InChI is InChI=1S/C29H44O5.C19H32O2.C16H22O6.C16H26O3.C10H16O4.10CH4/c1-4-27(2,3)25(30)34-24-22-8-21-9-23(24)15-29(13-21,14-22)26(31)33-17-32-16-28-10-18-5-19(11-28)7-20(6-18)12-28;1-6-18(4,5)17(20)21-19(12(2)3)15-8-13-7-14(10-15)11-16(19)9-13;1-4-16(2,3)15(19)20-7-11(17)21-12-8-5-9-10(6-8)14(18)22-13(9)12;1-4-14(2,3)13(17)19-16-8-11-5-12(9-16)7-15(18,6-11)10-16;1-4-10(2,3)9(12)14-7-5-6-13-8(7)11;;;;;;;;;;/h18-24H,4-17H2,1-3H3;12-16H,6-11H2,1-5H3;8-10,12-13H,4-7H2,1-3H3;11-12,18H,4-10H2,1-3H3;7H,4-6H2,1-3H3;10*1H4. The molecule has 18 bridgehead atoms. The number of esters is 9. The van der Waals surface area contributed by atoms with Gasteiger partial charge in [0.1, 0.15) is 29.5 Å². The van der Waals surface area contributed by atoms with Gasteiger partial charge in [0, 0.05) is 24.7 Å². The third-order valence-electron chi connectivity index (χ3n) is 31.9. The smallest absolute Gasteiger partial charge is 0.347 e. The summed E-state index contributed by atoms with van der Waals surface area (Å²) in [5.41, 5.74) is -3.46. The molecule has 2 saturated heterocycles. The Morgan fingerprint density at radius 1 is 0.450 bits per heavy atom. The average Bonchev–Trinajstić information content (AvgIpc) is 1.10. The monoisotopic (exact) mass is 1700 g/mol. The first kappa shape index (κ1) is 111. The number of carbonyl (C=O) groups is 9. The molecule has 20 fully saturated rings. The summed E-state index contributed by atoms with van der Waals surface area (Å²) >= 11 is 0. The summed E-state index contributed by atoms with van der Waals surface area (Å²) in [6.45, 7) is 34.3. The van der Waals surface area contributed by atoms with Gasteiger partial charge in [0.05, 0.1) is 57.2 Å². The highest BCUT2D eigenvalue weighted by atomic mass is 16.7. The van der Waals surface area contributed by atoms with Crippen molar-refractivity contribution < 1.29 is 95.6 Å². The number of fused-ring (bicyclic) bond motifs is 1. The minimum atomic E-state index is -0.687.